The molecule has 2 rings (SSSR count). The normalized spacial score (nSPS) is 12.8. The fourth-order valence-corrected chi connectivity index (χ4v) is 3.16. The molecule has 0 aliphatic heterocycles. The van der Waals surface area contributed by atoms with Crippen LogP contribution in [0, 0.1) is 0 Å². The molecule has 0 spiro atoms. The minimum absolute atomic E-state index is 0.538. The average molecular weight is 237 g/mol. The van der Waals surface area contributed by atoms with E-state index in [1.54, 1.807) is 5.54 Å². The van der Waals surface area contributed by atoms with Crippen LogP contribution in [0.25, 0.3) is 10.8 Å². The summed E-state index contributed by atoms with van der Waals surface area (Å²) in [6, 6.07) is 11.9. The average Bonchev–Trinajstić information content (AvgIpc) is 2.26. The summed E-state index contributed by atoms with van der Waals surface area (Å²) in [5, 5.41) is 2.31. The van der Waals surface area contributed by atoms with Crippen molar-refractivity contribution in [1.82, 2.24) is 0 Å². The first kappa shape index (κ1) is 11.3. The van der Waals surface area contributed by atoms with Crippen LogP contribution in [0.3, 0.4) is 0 Å². The molecule has 0 aliphatic rings. The van der Waals surface area contributed by atoms with Crippen LogP contribution in [0.5, 0.6) is 0 Å². The molecule has 0 atom stereocenters. The zero-order valence-corrected chi connectivity index (χ0v) is 10.6. The van der Waals surface area contributed by atoms with Gasteiger partial charge in [0, 0.05) is 0 Å². The van der Waals surface area contributed by atoms with Crippen molar-refractivity contribution >= 4 is 26.5 Å². The third kappa shape index (κ3) is 2.00. The minimum atomic E-state index is -0.869. The van der Waals surface area contributed by atoms with Crippen LogP contribution >= 0.6 is 10.0 Å². The van der Waals surface area contributed by atoms with E-state index >= 15 is 0 Å². The highest BCUT2D eigenvalue weighted by molar-refractivity contribution is 8.32. The first-order valence-corrected chi connectivity index (χ1v) is 7.96. The molecule has 3 heteroatoms. The Morgan fingerprint density at radius 2 is 1.75 bits per heavy atom. The molecule has 0 saturated heterocycles. The Balaban J connectivity index is 2.79. The van der Waals surface area contributed by atoms with Crippen molar-refractivity contribution in [1.29, 1.82) is 0 Å². The van der Waals surface area contributed by atoms with Gasteiger partial charge in [0.25, 0.3) is 0 Å². The fourth-order valence-electron chi connectivity index (χ4n) is 1.84. The number of nitrogens with one attached hydrogen (secondary N) is 1. The van der Waals surface area contributed by atoms with Crippen molar-refractivity contribution in [2.24, 2.45) is 0 Å². The van der Waals surface area contributed by atoms with E-state index in [1.165, 1.54) is 10.3 Å². The van der Waals surface area contributed by atoms with E-state index in [0.29, 0.717) is 5.69 Å². The van der Waals surface area contributed by atoms with Crippen LogP contribution in [-0.2, 0) is 0 Å². The lowest BCUT2D eigenvalue weighted by Crippen LogP contribution is -1.96. The number of fused-ring (bicyclic) bond motifs is 1. The maximum absolute atomic E-state index is 12.6. The highest BCUT2D eigenvalue weighted by Crippen LogP contribution is 2.49. The molecule has 1 N–H and O–H groups in total. The lowest BCUT2D eigenvalue weighted by Gasteiger charge is -2.28. The molecule has 0 aliphatic carbocycles. The first-order chi connectivity index (χ1) is 7.52. The molecule has 0 aromatic heterocycles. The van der Waals surface area contributed by atoms with E-state index in [1.807, 2.05) is 30.3 Å². The van der Waals surface area contributed by atoms with E-state index in [0.717, 1.165) is 5.39 Å². The van der Waals surface area contributed by atoms with Gasteiger partial charge in [-0.2, -0.15) is 0 Å². The Bertz CT molecular complexity index is 517. The van der Waals surface area contributed by atoms with Crippen LogP contribution in [-0.4, -0.2) is 18.8 Å². The predicted molar refractivity (Wildman–Crippen MR) is 72.3 cm³/mol. The first-order valence-electron chi connectivity index (χ1n) is 5.10. The Kier molecular flexibility index (Phi) is 2.80. The molecule has 0 fully saturated rings. The standard InChI is InChI=1S/C13H16FNS/c1-16(2,3)13-9-11(15-14)8-10-6-4-5-7-12(10)13/h4-9,15H,1-3H3. The van der Waals surface area contributed by atoms with Gasteiger partial charge in [-0.3, -0.25) is 0 Å². The van der Waals surface area contributed by atoms with E-state index in [4.69, 9.17) is 0 Å². The van der Waals surface area contributed by atoms with Crippen molar-refractivity contribution < 1.29 is 4.48 Å². The minimum Gasteiger partial charge on any atom is -0.224 e. The molecular formula is C13H16FNS. The van der Waals surface area contributed by atoms with Crippen LogP contribution in [0.4, 0.5) is 10.2 Å². The van der Waals surface area contributed by atoms with Gasteiger partial charge in [-0.1, -0.05) is 24.3 Å². The highest BCUT2D eigenvalue weighted by atomic mass is 32.3. The lowest BCUT2D eigenvalue weighted by molar-refractivity contribution is 0.617. The Morgan fingerprint density at radius 3 is 2.38 bits per heavy atom. The molecular weight excluding hydrogens is 221 g/mol. The number of benzene rings is 2. The SMILES string of the molecule is CS(C)(C)c1cc(NF)cc2ccccc12. The smallest absolute Gasteiger partial charge is 0.0672 e. The van der Waals surface area contributed by atoms with Gasteiger partial charge in [0.15, 0.2) is 0 Å². The molecule has 0 unspecified atom stereocenters. The van der Waals surface area contributed by atoms with Gasteiger partial charge in [-0.05, 0) is 46.6 Å². The van der Waals surface area contributed by atoms with Crippen molar-refractivity contribution in [2.45, 2.75) is 4.90 Å². The summed E-state index contributed by atoms with van der Waals surface area (Å²) in [5.74, 6) is 0. The number of hydrogen-bond acceptors (Lipinski definition) is 1. The van der Waals surface area contributed by atoms with E-state index < -0.39 is 10.0 Å². The second kappa shape index (κ2) is 3.98. The third-order valence-electron chi connectivity index (χ3n) is 2.59. The summed E-state index contributed by atoms with van der Waals surface area (Å²) in [6.45, 7) is 0. The third-order valence-corrected chi connectivity index (χ3v) is 4.25. The van der Waals surface area contributed by atoms with E-state index in [2.05, 4.69) is 24.8 Å². The van der Waals surface area contributed by atoms with Crippen molar-refractivity contribution in [3.05, 3.63) is 36.4 Å². The van der Waals surface area contributed by atoms with Crippen molar-refractivity contribution in [3.63, 3.8) is 0 Å². The molecule has 1 nitrogen and oxygen atoms in total. The monoisotopic (exact) mass is 237 g/mol. The molecule has 0 heterocycles. The Labute approximate surface area is 96.9 Å². The number of halogens is 1. The molecule has 0 amide bonds. The molecule has 0 bridgehead atoms. The highest BCUT2D eigenvalue weighted by Gasteiger charge is 2.13. The van der Waals surface area contributed by atoms with Gasteiger partial charge in [0.05, 0.1) is 5.69 Å². The summed E-state index contributed by atoms with van der Waals surface area (Å²) >= 11 is 0. The van der Waals surface area contributed by atoms with Crippen molar-refractivity contribution in [2.75, 3.05) is 24.3 Å². The summed E-state index contributed by atoms with van der Waals surface area (Å²) in [5.41, 5.74) is 2.28. The van der Waals surface area contributed by atoms with Gasteiger partial charge in [0.1, 0.15) is 0 Å². The Morgan fingerprint density at radius 1 is 1.06 bits per heavy atom. The quantitative estimate of drug-likeness (QED) is 0.772. The predicted octanol–water partition coefficient (Wildman–Crippen LogP) is 4.19. The maximum atomic E-state index is 12.6. The van der Waals surface area contributed by atoms with Crippen molar-refractivity contribution in [3.8, 4) is 0 Å². The zero-order valence-electron chi connectivity index (χ0n) is 9.75. The summed E-state index contributed by atoms with van der Waals surface area (Å²) < 4.78 is 12.6. The lowest BCUT2D eigenvalue weighted by atomic mass is 10.1. The summed E-state index contributed by atoms with van der Waals surface area (Å²) in [4.78, 5) is 1.24. The number of anilines is 1. The topological polar surface area (TPSA) is 12.0 Å². The van der Waals surface area contributed by atoms with E-state index in [9.17, 15) is 4.48 Å². The van der Waals surface area contributed by atoms with Crippen LogP contribution in [0.1, 0.15) is 0 Å². The van der Waals surface area contributed by atoms with Crippen LogP contribution < -0.4 is 5.54 Å². The fraction of sp³-hybridized carbons (Fsp3) is 0.231. The van der Waals surface area contributed by atoms with Gasteiger partial charge in [-0.15, -0.1) is 4.48 Å². The van der Waals surface area contributed by atoms with Crippen LogP contribution in [0.15, 0.2) is 41.3 Å². The zero-order chi connectivity index (χ0) is 11.8. The van der Waals surface area contributed by atoms with E-state index in [-0.39, 0.29) is 0 Å². The second-order valence-electron chi connectivity index (χ2n) is 4.63. The van der Waals surface area contributed by atoms with Gasteiger partial charge in [-0.25, -0.2) is 15.6 Å². The molecule has 0 radical (unpaired) electrons. The molecule has 16 heavy (non-hydrogen) atoms. The largest absolute Gasteiger partial charge is 0.224 e. The summed E-state index contributed by atoms with van der Waals surface area (Å²) in [7, 11) is -0.869. The van der Waals surface area contributed by atoms with Crippen LogP contribution in [0.2, 0.25) is 0 Å². The second-order valence-corrected chi connectivity index (χ2v) is 8.74. The molecule has 0 saturated carbocycles. The number of rotatable bonds is 2. The molecule has 2 aromatic rings. The summed E-state index contributed by atoms with van der Waals surface area (Å²) in [6.07, 6.45) is 6.66. The maximum Gasteiger partial charge on any atom is 0.0672 e. The molecule has 2 aromatic carbocycles. The Hall–Kier alpha value is -1.22. The molecule has 86 valence electrons. The van der Waals surface area contributed by atoms with Gasteiger partial charge < -0.3 is 0 Å². The van der Waals surface area contributed by atoms with Gasteiger partial charge >= 0.3 is 0 Å². The van der Waals surface area contributed by atoms with Gasteiger partial charge in [0.2, 0.25) is 0 Å². The number of hydrogen-bond donors (Lipinski definition) is 1.